The zero-order chi connectivity index (χ0) is 20.0. The Morgan fingerprint density at radius 1 is 1.11 bits per heavy atom. The Balaban J connectivity index is 2.12. The van der Waals surface area contributed by atoms with Gasteiger partial charge in [0.25, 0.3) is 17.5 Å². The van der Waals surface area contributed by atoms with Gasteiger partial charge in [-0.1, -0.05) is 12.1 Å². The van der Waals surface area contributed by atoms with Crippen molar-refractivity contribution in [2.45, 2.75) is 6.92 Å². The Bertz CT molecular complexity index is 865. The number of benzene rings is 2. The van der Waals surface area contributed by atoms with E-state index in [9.17, 15) is 19.7 Å². The van der Waals surface area contributed by atoms with E-state index in [1.165, 1.54) is 25.1 Å². The van der Waals surface area contributed by atoms with E-state index in [1.54, 1.807) is 24.3 Å². The lowest BCUT2D eigenvalue weighted by Crippen LogP contribution is -2.31. The van der Waals surface area contributed by atoms with Crippen molar-refractivity contribution in [3.05, 3.63) is 69.3 Å². The van der Waals surface area contributed by atoms with Gasteiger partial charge in [-0.05, 0) is 45.3 Å². The van der Waals surface area contributed by atoms with E-state index >= 15 is 0 Å². The highest BCUT2D eigenvalue weighted by Crippen LogP contribution is 2.22. The van der Waals surface area contributed by atoms with E-state index in [2.05, 4.69) is 10.6 Å². The first-order valence-electron chi connectivity index (χ1n) is 8.38. The standard InChI is InChI=1S/C19H22N4O4/c1-13-16(8-5-9-17(13)23(26)27)19(25)21-15-7-4-6-14(12-15)18(24)20-10-11-22(2)3/h4-9,12H,10-11H2,1-3H3,(H,20,24)(H,21,25). The lowest BCUT2D eigenvalue weighted by molar-refractivity contribution is -0.385. The molecule has 8 heteroatoms. The predicted molar refractivity (Wildman–Crippen MR) is 103 cm³/mol. The average molecular weight is 370 g/mol. The molecule has 27 heavy (non-hydrogen) atoms. The number of amides is 2. The number of hydrogen-bond acceptors (Lipinski definition) is 5. The fourth-order valence-corrected chi connectivity index (χ4v) is 2.50. The van der Waals surface area contributed by atoms with Crippen molar-refractivity contribution in [1.29, 1.82) is 0 Å². The number of hydrogen-bond donors (Lipinski definition) is 2. The summed E-state index contributed by atoms with van der Waals surface area (Å²) < 4.78 is 0. The molecule has 0 atom stereocenters. The van der Waals surface area contributed by atoms with E-state index in [4.69, 9.17) is 0 Å². The monoisotopic (exact) mass is 370 g/mol. The highest BCUT2D eigenvalue weighted by molar-refractivity contribution is 6.06. The first-order chi connectivity index (χ1) is 12.8. The number of likely N-dealkylation sites (N-methyl/N-ethyl adjacent to an activating group) is 1. The molecule has 0 aliphatic carbocycles. The van der Waals surface area contributed by atoms with Crippen LogP contribution in [0.4, 0.5) is 11.4 Å². The van der Waals surface area contributed by atoms with Crippen molar-refractivity contribution in [2.24, 2.45) is 0 Å². The van der Waals surface area contributed by atoms with Gasteiger partial charge in [0.1, 0.15) is 0 Å². The van der Waals surface area contributed by atoms with Crippen molar-refractivity contribution < 1.29 is 14.5 Å². The third-order valence-corrected chi connectivity index (χ3v) is 3.97. The minimum absolute atomic E-state index is 0.114. The molecule has 0 saturated carbocycles. The van der Waals surface area contributed by atoms with Crippen molar-refractivity contribution in [2.75, 3.05) is 32.5 Å². The lowest BCUT2D eigenvalue weighted by Gasteiger charge is -2.11. The van der Waals surface area contributed by atoms with Crippen LogP contribution < -0.4 is 10.6 Å². The summed E-state index contributed by atoms with van der Waals surface area (Å²) in [4.78, 5) is 37.2. The van der Waals surface area contributed by atoms with Gasteiger partial charge in [-0.25, -0.2) is 0 Å². The van der Waals surface area contributed by atoms with E-state index in [1.807, 2.05) is 19.0 Å². The number of carbonyl (C=O) groups is 2. The maximum atomic E-state index is 12.5. The fraction of sp³-hybridized carbons (Fsp3) is 0.263. The molecule has 0 radical (unpaired) electrons. The summed E-state index contributed by atoms with van der Waals surface area (Å²) in [7, 11) is 3.83. The van der Waals surface area contributed by atoms with Crippen LogP contribution in [-0.2, 0) is 0 Å². The molecular formula is C19H22N4O4. The smallest absolute Gasteiger partial charge is 0.273 e. The number of rotatable bonds is 7. The molecule has 2 rings (SSSR count). The Morgan fingerprint density at radius 3 is 2.48 bits per heavy atom. The number of nitrogens with one attached hydrogen (secondary N) is 2. The second-order valence-corrected chi connectivity index (χ2v) is 6.30. The second kappa shape index (κ2) is 8.91. The molecule has 0 fully saturated rings. The minimum atomic E-state index is -0.523. The molecule has 2 N–H and O–H groups in total. The van der Waals surface area contributed by atoms with Crippen LogP contribution in [0.3, 0.4) is 0 Å². The summed E-state index contributed by atoms with van der Waals surface area (Å²) in [5, 5.41) is 16.5. The van der Waals surface area contributed by atoms with Crippen LogP contribution in [-0.4, -0.2) is 48.8 Å². The second-order valence-electron chi connectivity index (χ2n) is 6.30. The molecule has 0 heterocycles. The highest BCUT2D eigenvalue weighted by Gasteiger charge is 2.18. The normalized spacial score (nSPS) is 10.5. The van der Waals surface area contributed by atoms with Gasteiger partial charge in [-0.2, -0.15) is 0 Å². The van der Waals surface area contributed by atoms with Crippen LogP contribution in [0.1, 0.15) is 26.3 Å². The topological polar surface area (TPSA) is 105 Å². The number of anilines is 1. The van der Waals surface area contributed by atoms with Gasteiger partial charge in [-0.3, -0.25) is 19.7 Å². The van der Waals surface area contributed by atoms with Gasteiger partial charge in [0, 0.05) is 41.5 Å². The summed E-state index contributed by atoms with van der Waals surface area (Å²) in [5.41, 5.74) is 1.24. The fourth-order valence-electron chi connectivity index (χ4n) is 2.50. The van der Waals surface area contributed by atoms with Crippen molar-refractivity contribution in [1.82, 2.24) is 10.2 Å². The molecule has 0 aromatic heterocycles. The van der Waals surface area contributed by atoms with Crippen LogP contribution in [0.15, 0.2) is 42.5 Å². The minimum Gasteiger partial charge on any atom is -0.351 e. The first-order valence-corrected chi connectivity index (χ1v) is 8.38. The quantitative estimate of drug-likeness (QED) is 0.575. The van der Waals surface area contributed by atoms with Crippen molar-refractivity contribution in [3.8, 4) is 0 Å². The Hall–Kier alpha value is -3.26. The molecule has 0 aliphatic heterocycles. The molecule has 0 aliphatic rings. The zero-order valence-corrected chi connectivity index (χ0v) is 15.5. The Kier molecular flexibility index (Phi) is 6.62. The third kappa shape index (κ3) is 5.35. The van der Waals surface area contributed by atoms with E-state index in [0.717, 1.165) is 0 Å². The maximum Gasteiger partial charge on any atom is 0.273 e. The molecule has 0 spiro atoms. The van der Waals surface area contributed by atoms with Gasteiger partial charge in [0.2, 0.25) is 0 Å². The zero-order valence-electron chi connectivity index (χ0n) is 15.5. The molecule has 0 bridgehead atoms. The predicted octanol–water partition coefficient (Wildman–Crippen LogP) is 2.45. The van der Waals surface area contributed by atoms with Crippen molar-refractivity contribution >= 4 is 23.2 Å². The Morgan fingerprint density at radius 2 is 1.81 bits per heavy atom. The summed E-state index contributed by atoms with van der Waals surface area (Å²) in [6.07, 6.45) is 0. The van der Waals surface area contributed by atoms with Gasteiger partial charge in [0.15, 0.2) is 0 Å². The summed E-state index contributed by atoms with van der Waals surface area (Å²) in [5.74, 6) is -0.708. The van der Waals surface area contributed by atoms with Crippen LogP contribution in [0.2, 0.25) is 0 Å². The van der Waals surface area contributed by atoms with Gasteiger partial charge in [-0.15, -0.1) is 0 Å². The molecule has 2 aromatic rings. The average Bonchev–Trinajstić information content (AvgIpc) is 2.61. The summed E-state index contributed by atoms with van der Waals surface area (Å²) >= 11 is 0. The van der Waals surface area contributed by atoms with Gasteiger partial charge >= 0.3 is 0 Å². The number of nitro benzene ring substituents is 1. The van der Waals surface area contributed by atoms with E-state index in [-0.39, 0.29) is 22.7 Å². The SMILES string of the molecule is Cc1c(C(=O)Nc2cccc(C(=O)NCCN(C)C)c2)cccc1[N+](=O)[O-]. The molecule has 8 nitrogen and oxygen atoms in total. The molecular weight excluding hydrogens is 348 g/mol. The van der Waals surface area contributed by atoms with Gasteiger partial charge in [0.05, 0.1) is 4.92 Å². The Labute approximate surface area is 157 Å². The van der Waals surface area contributed by atoms with Crippen LogP contribution in [0.25, 0.3) is 0 Å². The largest absolute Gasteiger partial charge is 0.351 e. The molecule has 2 amide bonds. The molecule has 2 aromatic carbocycles. The van der Waals surface area contributed by atoms with Gasteiger partial charge < -0.3 is 15.5 Å². The number of nitro groups is 1. The lowest BCUT2D eigenvalue weighted by atomic mass is 10.1. The van der Waals surface area contributed by atoms with E-state index in [0.29, 0.717) is 24.3 Å². The van der Waals surface area contributed by atoms with Crippen LogP contribution >= 0.6 is 0 Å². The summed E-state index contributed by atoms with van der Waals surface area (Å²) in [6.45, 7) is 2.76. The first kappa shape index (κ1) is 20.1. The molecule has 0 unspecified atom stereocenters. The molecule has 142 valence electrons. The van der Waals surface area contributed by atoms with E-state index < -0.39 is 10.8 Å². The third-order valence-electron chi connectivity index (χ3n) is 3.97. The highest BCUT2D eigenvalue weighted by atomic mass is 16.6. The van der Waals surface area contributed by atoms with Crippen molar-refractivity contribution in [3.63, 3.8) is 0 Å². The molecule has 0 saturated heterocycles. The number of carbonyl (C=O) groups excluding carboxylic acids is 2. The van der Waals surface area contributed by atoms with Crippen LogP contribution in [0, 0.1) is 17.0 Å². The van der Waals surface area contributed by atoms with Crippen LogP contribution in [0.5, 0.6) is 0 Å². The number of nitrogens with zero attached hydrogens (tertiary/aromatic N) is 2. The summed E-state index contributed by atoms with van der Waals surface area (Å²) in [6, 6.07) is 10.9. The maximum absolute atomic E-state index is 12.5.